The summed E-state index contributed by atoms with van der Waals surface area (Å²) in [4.78, 5) is 10.4. The van der Waals surface area contributed by atoms with E-state index >= 15 is 0 Å². The number of ether oxygens (including phenoxy) is 1. The van der Waals surface area contributed by atoms with Crippen LogP contribution in [0.4, 0.5) is 0 Å². The van der Waals surface area contributed by atoms with E-state index in [1.807, 2.05) is 25.2 Å². The summed E-state index contributed by atoms with van der Waals surface area (Å²) in [5.74, 6) is -0.312. The smallest absolute Gasteiger partial charge is 0.341 e. The molecule has 4 nitrogen and oxygen atoms in total. The molecule has 0 aliphatic carbocycles. The van der Waals surface area contributed by atoms with Crippen molar-refractivity contribution in [3.8, 4) is 5.75 Å². The van der Waals surface area contributed by atoms with E-state index < -0.39 is 5.97 Å². The van der Waals surface area contributed by atoms with Crippen molar-refractivity contribution >= 4 is 5.97 Å². The second-order valence-electron chi connectivity index (χ2n) is 3.14. The van der Waals surface area contributed by atoms with Crippen LogP contribution in [-0.2, 0) is 11.2 Å². The van der Waals surface area contributed by atoms with Crippen LogP contribution >= 0.6 is 0 Å². The standard InChI is InChI=1S/C11H15NO3/c1-12-7-6-9-4-2-3-5-10(9)15-8-11(13)14/h2-5,12H,6-8H2,1H3,(H,13,14). The lowest BCUT2D eigenvalue weighted by Gasteiger charge is -2.09. The SMILES string of the molecule is CNCCc1ccccc1OCC(=O)O. The molecule has 82 valence electrons. The molecular formula is C11H15NO3. The summed E-state index contributed by atoms with van der Waals surface area (Å²) in [5.41, 5.74) is 1.02. The quantitative estimate of drug-likeness (QED) is 0.731. The van der Waals surface area contributed by atoms with Crippen molar-refractivity contribution in [3.05, 3.63) is 29.8 Å². The molecule has 0 aliphatic rings. The molecule has 0 aliphatic heterocycles. The lowest BCUT2D eigenvalue weighted by atomic mass is 10.1. The van der Waals surface area contributed by atoms with Gasteiger partial charge in [-0.25, -0.2) is 4.79 Å². The molecule has 0 atom stereocenters. The molecule has 1 aromatic carbocycles. The van der Waals surface area contributed by atoms with Crippen molar-refractivity contribution < 1.29 is 14.6 Å². The fraction of sp³-hybridized carbons (Fsp3) is 0.364. The van der Waals surface area contributed by atoms with E-state index in [4.69, 9.17) is 9.84 Å². The molecule has 1 rings (SSSR count). The number of carboxylic acid groups (broad SMARTS) is 1. The van der Waals surface area contributed by atoms with E-state index in [0.717, 1.165) is 18.5 Å². The Morgan fingerprint density at radius 2 is 2.20 bits per heavy atom. The van der Waals surface area contributed by atoms with Gasteiger partial charge in [-0.05, 0) is 31.6 Å². The predicted octanol–water partition coefficient (Wildman–Crippen LogP) is 0.912. The molecule has 0 saturated carbocycles. The first-order valence-electron chi connectivity index (χ1n) is 4.81. The van der Waals surface area contributed by atoms with E-state index in [-0.39, 0.29) is 6.61 Å². The van der Waals surface area contributed by atoms with Gasteiger partial charge in [0.25, 0.3) is 0 Å². The first kappa shape index (κ1) is 11.5. The number of hydrogen-bond donors (Lipinski definition) is 2. The van der Waals surface area contributed by atoms with Gasteiger partial charge in [0.2, 0.25) is 0 Å². The molecule has 0 unspecified atom stereocenters. The van der Waals surface area contributed by atoms with Crippen molar-refractivity contribution in [1.29, 1.82) is 0 Å². The number of para-hydroxylation sites is 1. The number of carboxylic acids is 1. The highest BCUT2D eigenvalue weighted by Gasteiger charge is 2.04. The lowest BCUT2D eigenvalue weighted by molar-refractivity contribution is -0.139. The highest BCUT2D eigenvalue weighted by molar-refractivity contribution is 5.68. The number of rotatable bonds is 6. The molecule has 2 N–H and O–H groups in total. The van der Waals surface area contributed by atoms with E-state index in [0.29, 0.717) is 5.75 Å². The van der Waals surface area contributed by atoms with Gasteiger partial charge in [-0.15, -0.1) is 0 Å². The summed E-state index contributed by atoms with van der Waals surface area (Å²) in [6.45, 7) is 0.546. The topological polar surface area (TPSA) is 58.6 Å². The van der Waals surface area contributed by atoms with E-state index in [1.54, 1.807) is 6.07 Å². The molecule has 0 radical (unpaired) electrons. The fourth-order valence-corrected chi connectivity index (χ4v) is 1.25. The van der Waals surface area contributed by atoms with Crippen molar-refractivity contribution in [2.75, 3.05) is 20.2 Å². The summed E-state index contributed by atoms with van der Waals surface area (Å²) >= 11 is 0. The molecule has 0 amide bonds. The van der Waals surface area contributed by atoms with Crippen LogP contribution in [0.25, 0.3) is 0 Å². The minimum atomic E-state index is -0.960. The summed E-state index contributed by atoms with van der Waals surface area (Å²) in [7, 11) is 1.88. The predicted molar refractivity (Wildman–Crippen MR) is 57.2 cm³/mol. The molecule has 0 heterocycles. The molecule has 0 bridgehead atoms. The Morgan fingerprint density at radius 1 is 1.47 bits per heavy atom. The normalized spacial score (nSPS) is 9.93. The maximum atomic E-state index is 10.4. The molecule has 4 heteroatoms. The van der Waals surface area contributed by atoms with Crippen molar-refractivity contribution in [2.45, 2.75) is 6.42 Å². The van der Waals surface area contributed by atoms with Gasteiger partial charge in [-0.1, -0.05) is 18.2 Å². The van der Waals surface area contributed by atoms with E-state index in [2.05, 4.69) is 5.32 Å². The third kappa shape index (κ3) is 3.99. The Labute approximate surface area is 88.9 Å². The fourth-order valence-electron chi connectivity index (χ4n) is 1.25. The first-order valence-corrected chi connectivity index (χ1v) is 4.81. The number of carbonyl (C=O) groups is 1. The van der Waals surface area contributed by atoms with Gasteiger partial charge in [-0.3, -0.25) is 0 Å². The molecule has 1 aromatic rings. The summed E-state index contributed by atoms with van der Waals surface area (Å²) in [5, 5.41) is 11.5. The van der Waals surface area contributed by atoms with Crippen LogP contribution in [0.3, 0.4) is 0 Å². The Kier molecular flexibility index (Phi) is 4.63. The molecule has 0 spiro atoms. The van der Waals surface area contributed by atoms with Crippen molar-refractivity contribution in [2.24, 2.45) is 0 Å². The van der Waals surface area contributed by atoms with Crippen LogP contribution in [-0.4, -0.2) is 31.3 Å². The number of hydrogen-bond acceptors (Lipinski definition) is 3. The average molecular weight is 209 g/mol. The summed E-state index contributed by atoms with van der Waals surface area (Å²) < 4.78 is 5.17. The monoisotopic (exact) mass is 209 g/mol. The van der Waals surface area contributed by atoms with Crippen molar-refractivity contribution in [1.82, 2.24) is 5.32 Å². The zero-order valence-electron chi connectivity index (χ0n) is 8.69. The number of aliphatic carboxylic acids is 1. The number of nitrogens with one attached hydrogen (secondary N) is 1. The van der Waals surface area contributed by atoms with Crippen LogP contribution in [0.1, 0.15) is 5.56 Å². The van der Waals surface area contributed by atoms with Crippen LogP contribution in [0.5, 0.6) is 5.75 Å². The second kappa shape index (κ2) is 6.03. The summed E-state index contributed by atoms with van der Waals surface area (Å²) in [6.07, 6.45) is 0.826. The zero-order chi connectivity index (χ0) is 11.1. The van der Waals surface area contributed by atoms with E-state index in [9.17, 15) is 4.79 Å². The van der Waals surface area contributed by atoms with Crippen LogP contribution in [0, 0.1) is 0 Å². The molecular weight excluding hydrogens is 194 g/mol. The van der Waals surface area contributed by atoms with E-state index in [1.165, 1.54) is 0 Å². The first-order chi connectivity index (χ1) is 7.24. The van der Waals surface area contributed by atoms with Crippen LogP contribution in [0.2, 0.25) is 0 Å². The average Bonchev–Trinajstić information content (AvgIpc) is 2.24. The second-order valence-corrected chi connectivity index (χ2v) is 3.14. The summed E-state index contributed by atoms with van der Waals surface area (Å²) in [6, 6.07) is 7.47. The Bertz CT molecular complexity index is 325. The maximum absolute atomic E-state index is 10.4. The minimum absolute atomic E-state index is 0.295. The van der Waals surface area contributed by atoms with Gasteiger partial charge >= 0.3 is 5.97 Å². The highest BCUT2D eigenvalue weighted by atomic mass is 16.5. The van der Waals surface area contributed by atoms with Crippen molar-refractivity contribution in [3.63, 3.8) is 0 Å². The Balaban J connectivity index is 2.63. The zero-order valence-corrected chi connectivity index (χ0v) is 8.69. The Morgan fingerprint density at radius 3 is 2.87 bits per heavy atom. The van der Waals surface area contributed by atoms with Gasteiger partial charge < -0.3 is 15.2 Å². The Hall–Kier alpha value is -1.55. The van der Waals surface area contributed by atoms with Gasteiger partial charge in [0.05, 0.1) is 0 Å². The molecule has 0 fully saturated rings. The highest BCUT2D eigenvalue weighted by Crippen LogP contribution is 2.17. The minimum Gasteiger partial charge on any atom is -0.482 e. The largest absolute Gasteiger partial charge is 0.482 e. The van der Waals surface area contributed by atoms with Gasteiger partial charge in [0.1, 0.15) is 5.75 Å². The van der Waals surface area contributed by atoms with Crippen LogP contribution < -0.4 is 10.1 Å². The third-order valence-electron chi connectivity index (χ3n) is 1.97. The van der Waals surface area contributed by atoms with Crippen LogP contribution in [0.15, 0.2) is 24.3 Å². The maximum Gasteiger partial charge on any atom is 0.341 e. The molecule has 0 aromatic heterocycles. The molecule has 0 saturated heterocycles. The molecule has 15 heavy (non-hydrogen) atoms. The van der Waals surface area contributed by atoms with Gasteiger partial charge in [0, 0.05) is 0 Å². The van der Waals surface area contributed by atoms with Gasteiger partial charge in [-0.2, -0.15) is 0 Å². The number of likely N-dealkylation sites (N-methyl/N-ethyl adjacent to an activating group) is 1. The lowest BCUT2D eigenvalue weighted by Crippen LogP contribution is -2.13. The van der Waals surface area contributed by atoms with Gasteiger partial charge in [0.15, 0.2) is 6.61 Å². The number of benzene rings is 1. The third-order valence-corrected chi connectivity index (χ3v) is 1.97.